The molecule has 0 saturated carbocycles. The summed E-state index contributed by atoms with van der Waals surface area (Å²) >= 11 is 0. The highest BCUT2D eigenvalue weighted by Crippen LogP contribution is 2.08. The quantitative estimate of drug-likeness (QED) is 0.690. The van der Waals surface area contributed by atoms with Gasteiger partial charge in [-0.25, -0.2) is 4.39 Å². The number of carbonyl (C=O) groups excluding carboxylic acids is 2. The maximum atomic E-state index is 12.9. The highest BCUT2D eigenvalue weighted by molar-refractivity contribution is 6.39. The third kappa shape index (κ3) is 4.14. The van der Waals surface area contributed by atoms with E-state index < -0.39 is 23.7 Å². The van der Waals surface area contributed by atoms with E-state index in [-0.39, 0.29) is 12.3 Å². The second-order valence-corrected chi connectivity index (χ2v) is 3.73. The van der Waals surface area contributed by atoms with Gasteiger partial charge in [-0.1, -0.05) is 13.0 Å². The van der Waals surface area contributed by atoms with Crippen LogP contribution in [0.1, 0.15) is 13.3 Å². The molecule has 0 fully saturated rings. The van der Waals surface area contributed by atoms with Crippen molar-refractivity contribution in [1.82, 2.24) is 5.32 Å². The van der Waals surface area contributed by atoms with Crippen LogP contribution in [0.5, 0.6) is 0 Å². The zero-order chi connectivity index (χ0) is 13.5. The fourth-order valence-electron chi connectivity index (χ4n) is 1.28. The largest absolute Gasteiger partial charge is 0.394 e. The average Bonchev–Trinajstić information content (AvgIpc) is 2.35. The second kappa shape index (κ2) is 6.70. The van der Waals surface area contributed by atoms with E-state index in [4.69, 9.17) is 5.11 Å². The molecular weight excluding hydrogens is 239 g/mol. The molecule has 0 aliphatic heterocycles. The SMILES string of the molecule is CCC(CO)NC(=O)C(=O)Nc1cccc(F)c1. The Morgan fingerprint density at radius 3 is 2.67 bits per heavy atom. The summed E-state index contributed by atoms with van der Waals surface area (Å²) in [7, 11) is 0. The Bertz CT molecular complexity index is 433. The first-order valence-electron chi connectivity index (χ1n) is 5.55. The molecule has 1 atom stereocenters. The topological polar surface area (TPSA) is 78.4 Å². The molecule has 1 aromatic rings. The minimum atomic E-state index is -0.896. The summed E-state index contributed by atoms with van der Waals surface area (Å²) in [5.74, 6) is -2.26. The fourth-order valence-corrected chi connectivity index (χ4v) is 1.28. The first-order chi connectivity index (χ1) is 8.56. The Labute approximate surface area is 104 Å². The monoisotopic (exact) mass is 254 g/mol. The molecule has 1 rings (SSSR count). The number of halogens is 1. The molecule has 2 amide bonds. The van der Waals surface area contributed by atoms with Crippen molar-refractivity contribution in [2.45, 2.75) is 19.4 Å². The van der Waals surface area contributed by atoms with E-state index in [0.29, 0.717) is 6.42 Å². The van der Waals surface area contributed by atoms with Crippen molar-refractivity contribution in [1.29, 1.82) is 0 Å². The fraction of sp³-hybridized carbons (Fsp3) is 0.333. The van der Waals surface area contributed by atoms with Crippen LogP contribution < -0.4 is 10.6 Å². The van der Waals surface area contributed by atoms with Crippen molar-refractivity contribution in [3.05, 3.63) is 30.1 Å². The number of nitrogens with one attached hydrogen (secondary N) is 2. The Kier molecular flexibility index (Phi) is 5.26. The molecule has 3 N–H and O–H groups in total. The summed E-state index contributed by atoms with van der Waals surface area (Å²) in [6.07, 6.45) is 0.509. The van der Waals surface area contributed by atoms with Crippen LogP contribution in [0.15, 0.2) is 24.3 Å². The van der Waals surface area contributed by atoms with Gasteiger partial charge in [0.15, 0.2) is 0 Å². The molecule has 0 aliphatic carbocycles. The molecule has 0 aliphatic rings. The lowest BCUT2D eigenvalue weighted by Crippen LogP contribution is -2.43. The lowest BCUT2D eigenvalue weighted by Gasteiger charge is -2.13. The smallest absolute Gasteiger partial charge is 0.313 e. The first-order valence-corrected chi connectivity index (χ1v) is 5.55. The molecular formula is C12H15FN2O3. The van der Waals surface area contributed by atoms with Gasteiger partial charge in [0.1, 0.15) is 5.82 Å². The molecule has 0 radical (unpaired) electrons. The van der Waals surface area contributed by atoms with Gasteiger partial charge in [0, 0.05) is 5.69 Å². The van der Waals surface area contributed by atoms with E-state index in [2.05, 4.69) is 10.6 Å². The van der Waals surface area contributed by atoms with Gasteiger partial charge in [0.25, 0.3) is 0 Å². The number of aliphatic hydroxyl groups is 1. The highest BCUT2D eigenvalue weighted by Gasteiger charge is 2.17. The molecule has 0 bridgehead atoms. The first kappa shape index (κ1) is 14.1. The second-order valence-electron chi connectivity index (χ2n) is 3.73. The Morgan fingerprint density at radius 2 is 2.11 bits per heavy atom. The van der Waals surface area contributed by atoms with Crippen LogP contribution in [0.2, 0.25) is 0 Å². The zero-order valence-electron chi connectivity index (χ0n) is 9.94. The van der Waals surface area contributed by atoms with Crippen molar-refractivity contribution in [3.63, 3.8) is 0 Å². The van der Waals surface area contributed by atoms with E-state index in [1.165, 1.54) is 18.2 Å². The Morgan fingerprint density at radius 1 is 1.39 bits per heavy atom. The Balaban J connectivity index is 2.57. The van der Waals surface area contributed by atoms with Crippen LogP contribution in [-0.2, 0) is 9.59 Å². The van der Waals surface area contributed by atoms with Gasteiger partial charge in [-0.3, -0.25) is 9.59 Å². The van der Waals surface area contributed by atoms with Crippen LogP contribution in [0, 0.1) is 5.82 Å². The van der Waals surface area contributed by atoms with Gasteiger partial charge in [0.05, 0.1) is 12.6 Å². The molecule has 0 saturated heterocycles. The van der Waals surface area contributed by atoms with Gasteiger partial charge >= 0.3 is 11.8 Å². The van der Waals surface area contributed by atoms with E-state index in [1.54, 1.807) is 6.92 Å². The number of hydrogen-bond donors (Lipinski definition) is 3. The van der Waals surface area contributed by atoms with Crippen LogP contribution in [0.4, 0.5) is 10.1 Å². The van der Waals surface area contributed by atoms with Crippen molar-refractivity contribution in [2.75, 3.05) is 11.9 Å². The lowest BCUT2D eigenvalue weighted by atomic mass is 10.2. The third-order valence-corrected chi connectivity index (χ3v) is 2.34. The maximum absolute atomic E-state index is 12.9. The van der Waals surface area contributed by atoms with Crippen molar-refractivity contribution in [2.24, 2.45) is 0 Å². The molecule has 1 unspecified atom stereocenters. The number of hydrogen-bond acceptors (Lipinski definition) is 3. The van der Waals surface area contributed by atoms with E-state index in [0.717, 1.165) is 6.07 Å². The predicted octanol–water partition coefficient (Wildman–Crippen LogP) is 0.651. The maximum Gasteiger partial charge on any atom is 0.313 e. The van der Waals surface area contributed by atoms with Gasteiger partial charge in [-0.15, -0.1) is 0 Å². The lowest BCUT2D eigenvalue weighted by molar-refractivity contribution is -0.136. The predicted molar refractivity (Wildman–Crippen MR) is 64.3 cm³/mol. The summed E-state index contributed by atoms with van der Waals surface area (Å²) < 4.78 is 12.9. The summed E-state index contributed by atoms with van der Waals surface area (Å²) in [6.45, 7) is 1.53. The molecule has 1 aromatic carbocycles. The van der Waals surface area contributed by atoms with Crippen LogP contribution >= 0.6 is 0 Å². The summed E-state index contributed by atoms with van der Waals surface area (Å²) in [5.41, 5.74) is 0.201. The van der Waals surface area contributed by atoms with E-state index in [9.17, 15) is 14.0 Å². The minimum absolute atomic E-state index is 0.201. The van der Waals surface area contributed by atoms with Gasteiger partial charge in [0.2, 0.25) is 0 Å². The highest BCUT2D eigenvalue weighted by atomic mass is 19.1. The van der Waals surface area contributed by atoms with Gasteiger partial charge in [-0.2, -0.15) is 0 Å². The number of aliphatic hydroxyl groups excluding tert-OH is 1. The van der Waals surface area contributed by atoms with Crippen LogP contribution in [0.25, 0.3) is 0 Å². The number of carbonyl (C=O) groups is 2. The number of amides is 2. The summed E-state index contributed by atoms with van der Waals surface area (Å²) in [6, 6.07) is 4.77. The van der Waals surface area contributed by atoms with Crippen LogP contribution in [-0.4, -0.2) is 29.6 Å². The number of rotatable bonds is 4. The molecule has 5 nitrogen and oxygen atoms in total. The molecule has 98 valence electrons. The van der Waals surface area contributed by atoms with E-state index >= 15 is 0 Å². The van der Waals surface area contributed by atoms with E-state index in [1.807, 2.05) is 0 Å². The number of anilines is 1. The van der Waals surface area contributed by atoms with Gasteiger partial charge < -0.3 is 15.7 Å². The Hall–Kier alpha value is -1.95. The van der Waals surface area contributed by atoms with Crippen molar-refractivity contribution < 1.29 is 19.1 Å². The zero-order valence-corrected chi connectivity index (χ0v) is 9.94. The third-order valence-electron chi connectivity index (χ3n) is 2.34. The molecule has 6 heteroatoms. The normalized spacial score (nSPS) is 11.7. The number of benzene rings is 1. The minimum Gasteiger partial charge on any atom is -0.394 e. The average molecular weight is 254 g/mol. The standard InChI is InChI=1S/C12H15FN2O3/c1-2-9(7-16)14-11(17)12(18)15-10-5-3-4-8(13)6-10/h3-6,9,16H,2,7H2,1H3,(H,14,17)(H,15,18). The summed E-state index contributed by atoms with van der Waals surface area (Å²) in [5, 5.41) is 13.5. The van der Waals surface area contributed by atoms with Crippen LogP contribution in [0.3, 0.4) is 0 Å². The molecule has 18 heavy (non-hydrogen) atoms. The van der Waals surface area contributed by atoms with Crippen molar-refractivity contribution >= 4 is 17.5 Å². The molecule has 0 heterocycles. The molecule has 0 spiro atoms. The molecule has 0 aromatic heterocycles. The van der Waals surface area contributed by atoms with Gasteiger partial charge in [-0.05, 0) is 24.6 Å². The summed E-state index contributed by atoms with van der Waals surface area (Å²) in [4.78, 5) is 22.9. The van der Waals surface area contributed by atoms with Crippen molar-refractivity contribution in [3.8, 4) is 0 Å².